The summed E-state index contributed by atoms with van der Waals surface area (Å²) >= 11 is 1.33. The number of hydrogen-bond donors (Lipinski definition) is 2. The quantitative estimate of drug-likeness (QED) is 0.229. The fourth-order valence-corrected chi connectivity index (χ4v) is 5.15. The molecule has 1 aliphatic carbocycles. The van der Waals surface area contributed by atoms with E-state index in [0.29, 0.717) is 16.4 Å². The minimum absolute atomic E-state index is 0.109. The molecular formula is C31H45N5O2S. The molecule has 0 aliphatic heterocycles. The normalized spacial score (nSPS) is 14.2. The summed E-state index contributed by atoms with van der Waals surface area (Å²) in [7, 11) is 0. The van der Waals surface area contributed by atoms with E-state index in [1.807, 2.05) is 49.0 Å². The van der Waals surface area contributed by atoms with Crippen LogP contribution in [0, 0.1) is 12.8 Å². The highest BCUT2D eigenvalue weighted by Gasteiger charge is 2.43. The van der Waals surface area contributed by atoms with Crippen LogP contribution in [0.1, 0.15) is 102 Å². The lowest BCUT2D eigenvalue weighted by Crippen LogP contribution is -2.32. The van der Waals surface area contributed by atoms with Gasteiger partial charge in [-0.1, -0.05) is 72.3 Å². The summed E-state index contributed by atoms with van der Waals surface area (Å²) in [6.07, 6.45) is 15.3. The van der Waals surface area contributed by atoms with Crippen LogP contribution in [0.5, 0.6) is 0 Å². The summed E-state index contributed by atoms with van der Waals surface area (Å²) in [5.41, 5.74) is 3.16. The Balaban J connectivity index is 0.000000459. The van der Waals surface area contributed by atoms with E-state index in [1.165, 1.54) is 62.7 Å². The number of aromatic nitrogens is 3. The van der Waals surface area contributed by atoms with Crippen LogP contribution in [0.3, 0.4) is 0 Å². The van der Waals surface area contributed by atoms with Crippen LogP contribution in [0.4, 0.5) is 5.13 Å². The van der Waals surface area contributed by atoms with E-state index in [0.717, 1.165) is 23.7 Å². The Labute approximate surface area is 237 Å². The maximum atomic E-state index is 12.5. The molecular weight excluding hydrogens is 506 g/mol. The van der Waals surface area contributed by atoms with Crippen molar-refractivity contribution in [1.29, 1.82) is 0 Å². The number of aryl methyl sites for hydroxylation is 1. The fourth-order valence-electron chi connectivity index (χ4n) is 4.43. The SMILES string of the molecule is CCCCC(C)CC.CCCCC1(n2ccc(C(=O)NCC(=O)Nc3nc(-c4cccc(C)n4)cs3)c2)CC1. The molecule has 39 heavy (non-hydrogen) atoms. The van der Waals surface area contributed by atoms with Crippen LogP contribution >= 0.6 is 11.3 Å². The summed E-state index contributed by atoms with van der Waals surface area (Å²) < 4.78 is 2.17. The van der Waals surface area contributed by atoms with Gasteiger partial charge in [-0.05, 0) is 50.3 Å². The van der Waals surface area contributed by atoms with Gasteiger partial charge in [0.1, 0.15) is 5.69 Å². The highest BCUT2D eigenvalue weighted by Crippen LogP contribution is 2.47. The third-order valence-corrected chi connectivity index (χ3v) is 8.14. The maximum absolute atomic E-state index is 12.5. The largest absolute Gasteiger partial charge is 0.347 e. The number of carbonyl (C=O) groups is 2. The smallest absolute Gasteiger partial charge is 0.253 e. The molecule has 3 heterocycles. The van der Waals surface area contributed by atoms with Crippen molar-refractivity contribution >= 4 is 28.3 Å². The zero-order valence-electron chi connectivity index (χ0n) is 24.3. The lowest BCUT2D eigenvalue weighted by molar-refractivity contribution is -0.115. The van der Waals surface area contributed by atoms with E-state index >= 15 is 0 Å². The Kier molecular flexibility index (Phi) is 11.7. The van der Waals surface area contributed by atoms with Crippen LogP contribution < -0.4 is 10.6 Å². The summed E-state index contributed by atoms with van der Waals surface area (Å²) in [6, 6.07) is 7.55. The first-order valence-electron chi connectivity index (χ1n) is 14.5. The average molecular weight is 552 g/mol. The summed E-state index contributed by atoms with van der Waals surface area (Å²) in [4.78, 5) is 33.6. The van der Waals surface area contributed by atoms with Crippen LogP contribution in [-0.2, 0) is 10.3 Å². The van der Waals surface area contributed by atoms with Gasteiger partial charge in [-0.25, -0.2) is 4.98 Å². The molecule has 212 valence electrons. The second-order valence-corrected chi connectivity index (χ2v) is 11.6. The number of unbranched alkanes of at least 4 members (excludes halogenated alkanes) is 2. The van der Waals surface area contributed by atoms with Gasteiger partial charge in [0, 0.05) is 29.0 Å². The molecule has 4 rings (SSSR count). The van der Waals surface area contributed by atoms with E-state index in [4.69, 9.17) is 0 Å². The lowest BCUT2D eigenvalue weighted by Gasteiger charge is -2.17. The number of hydrogen-bond acceptors (Lipinski definition) is 5. The predicted molar refractivity (Wildman–Crippen MR) is 161 cm³/mol. The first-order valence-corrected chi connectivity index (χ1v) is 15.3. The number of carbonyl (C=O) groups excluding carboxylic acids is 2. The van der Waals surface area contributed by atoms with Crippen LogP contribution in [0.2, 0.25) is 0 Å². The number of pyridine rings is 1. The van der Waals surface area contributed by atoms with Crippen molar-refractivity contribution in [3.8, 4) is 11.4 Å². The number of nitrogens with zero attached hydrogens (tertiary/aromatic N) is 3. The second-order valence-electron chi connectivity index (χ2n) is 10.7. The zero-order chi connectivity index (χ0) is 28.3. The third-order valence-electron chi connectivity index (χ3n) is 7.38. The van der Waals surface area contributed by atoms with Gasteiger partial charge in [0.2, 0.25) is 5.91 Å². The minimum Gasteiger partial charge on any atom is -0.347 e. The first kappa shape index (κ1) is 30.5. The molecule has 0 spiro atoms. The Morgan fingerprint density at radius 1 is 1.08 bits per heavy atom. The van der Waals surface area contributed by atoms with Gasteiger partial charge in [-0.2, -0.15) is 0 Å². The first-order chi connectivity index (χ1) is 18.8. The highest BCUT2D eigenvalue weighted by atomic mass is 32.1. The van der Waals surface area contributed by atoms with Gasteiger partial charge in [-0.15, -0.1) is 11.3 Å². The Morgan fingerprint density at radius 2 is 1.85 bits per heavy atom. The molecule has 8 heteroatoms. The monoisotopic (exact) mass is 551 g/mol. The molecule has 0 radical (unpaired) electrons. The van der Waals surface area contributed by atoms with Gasteiger partial charge >= 0.3 is 0 Å². The molecule has 3 aromatic rings. The van der Waals surface area contributed by atoms with E-state index in [1.54, 1.807) is 0 Å². The van der Waals surface area contributed by atoms with Crippen LogP contribution in [0.25, 0.3) is 11.4 Å². The Hall–Kier alpha value is -3.00. The van der Waals surface area contributed by atoms with E-state index in [2.05, 4.69) is 52.9 Å². The van der Waals surface area contributed by atoms with Gasteiger partial charge in [-0.3, -0.25) is 14.6 Å². The molecule has 2 amide bonds. The molecule has 3 aromatic heterocycles. The minimum atomic E-state index is -0.313. The van der Waals surface area contributed by atoms with E-state index < -0.39 is 0 Å². The van der Waals surface area contributed by atoms with Gasteiger partial charge < -0.3 is 15.2 Å². The van der Waals surface area contributed by atoms with E-state index in [9.17, 15) is 9.59 Å². The number of nitrogens with one attached hydrogen (secondary N) is 2. The molecule has 0 bridgehead atoms. The summed E-state index contributed by atoms with van der Waals surface area (Å²) in [6.45, 7) is 10.9. The average Bonchev–Trinajstić information content (AvgIpc) is 3.32. The third kappa shape index (κ3) is 9.31. The highest BCUT2D eigenvalue weighted by molar-refractivity contribution is 7.14. The predicted octanol–water partition coefficient (Wildman–Crippen LogP) is 7.59. The molecule has 1 aliphatic rings. The maximum Gasteiger partial charge on any atom is 0.253 e. The molecule has 1 saturated carbocycles. The Bertz CT molecular complexity index is 1200. The van der Waals surface area contributed by atoms with Crippen molar-refractivity contribution in [3.05, 3.63) is 53.3 Å². The Morgan fingerprint density at radius 3 is 2.51 bits per heavy atom. The standard InChI is InChI=1S/C23H27N5O2S.C8H18/c1-3-4-9-23(10-11-23)28-12-8-17(14-28)21(30)24-13-20(29)27-22-26-19(15-31-22)18-7-5-6-16(2)25-18;1-4-6-7-8(3)5-2/h5-8,12,14-15H,3-4,9-11,13H2,1-2H3,(H,24,30)(H,26,27,29);8H,4-7H2,1-3H3. The molecule has 1 atom stereocenters. The molecule has 7 nitrogen and oxygen atoms in total. The van der Waals surface area contributed by atoms with Crippen molar-refractivity contribution in [3.63, 3.8) is 0 Å². The second kappa shape index (κ2) is 15.0. The molecule has 1 unspecified atom stereocenters. The van der Waals surface area contributed by atoms with Crippen LogP contribution in [0.15, 0.2) is 42.0 Å². The zero-order valence-corrected chi connectivity index (χ0v) is 25.1. The van der Waals surface area contributed by atoms with Crippen molar-refractivity contribution in [2.45, 2.75) is 97.9 Å². The molecule has 1 fully saturated rings. The summed E-state index contributed by atoms with van der Waals surface area (Å²) in [5.74, 6) is 0.395. The number of rotatable bonds is 13. The van der Waals surface area contributed by atoms with Crippen molar-refractivity contribution in [2.24, 2.45) is 5.92 Å². The van der Waals surface area contributed by atoms with Crippen molar-refractivity contribution in [1.82, 2.24) is 19.9 Å². The van der Waals surface area contributed by atoms with Crippen LogP contribution in [-0.4, -0.2) is 32.9 Å². The molecule has 0 saturated heterocycles. The molecule has 2 N–H and O–H groups in total. The lowest BCUT2D eigenvalue weighted by atomic mass is 10.0. The number of anilines is 1. The van der Waals surface area contributed by atoms with Gasteiger partial charge in [0.25, 0.3) is 5.91 Å². The summed E-state index contributed by atoms with van der Waals surface area (Å²) in [5, 5.41) is 7.76. The number of thiazole rings is 1. The van der Waals surface area contributed by atoms with Gasteiger partial charge in [0.15, 0.2) is 5.13 Å². The molecule has 0 aromatic carbocycles. The topological polar surface area (TPSA) is 88.9 Å². The fraction of sp³-hybridized carbons (Fsp3) is 0.548. The van der Waals surface area contributed by atoms with E-state index in [-0.39, 0.29) is 23.9 Å². The van der Waals surface area contributed by atoms with Crippen molar-refractivity contribution in [2.75, 3.05) is 11.9 Å². The van der Waals surface area contributed by atoms with Crippen molar-refractivity contribution < 1.29 is 9.59 Å². The number of amides is 2. The van der Waals surface area contributed by atoms with Gasteiger partial charge in [0.05, 0.1) is 17.8 Å².